The minimum atomic E-state index is -0.894. The molecule has 0 atom stereocenters. The van der Waals surface area contributed by atoms with Crippen LogP contribution in [0.4, 0.5) is 4.79 Å². The van der Waals surface area contributed by atoms with E-state index in [9.17, 15) is 14.4 Å². The first-order valence-electron chi connectivity index (χ1n) is 4.90. The van der Waals surface area contributed by atoms with Crippen molar-refractivity contribution in [1.29, 1.82) is 0 Å². The Morgan fingerprint density at radius 1 is 1.06 bits per heavy atom. The molecule has 0 radical (unpaired) electrons. The van der Waals surface area contributed by atoms with Gasteiger partial charge in [0, 0.05) is 6.42 Å². The van der Waals surface area contributed by atoms with Crippen molar-refractivity contribution in [3.63, 3.8) is 0 Å². The molecule has 0 aromatic rings. The maximum atomic E-state index is 10.9. The van der Waals surface area contributed by atoms with Gasteiger partial charge in [0.15, 0.2) is 0 Å². The van der Waals surface area contributed by atoms with Crippen LogP contribution >= 0.6 is 0 Å². The Morgan fingerprint density at radius 3 is 2.19 bits per heavy atom. The van der Waals surface area contributed by atoms with Crippen LogP contribution in [0.2, 0.25) is 0 Å². The Bertz CT molecular complexity index is 258. The second kappa shape index (κ2) is 7.67. The number of ether oxygens (including phenoxy) is 3. The lowest BCUT2D eigenvalue weighted by molar-refractivity contribution is -0.154. The van der Waals surface area contributed by atoms with Gasteiger partial charge < -0.3 is 19.0 Å². The van der Waals surface area contributed by atoms with Crippen molar-refractivity contribution in [2.75, 3.05) is 6.79 Å². The van der Waals surface area contributed by atoms with Crippen molar-refractivity contribution in [2.24, 2.45) is 0 Å². The molecule has 0 fully saturated rings. The highest BCUT2D eigenvalue weighted by molar-refractivity contribution is 5.80. The standard InChI is InChI=1S/C10H16O6/c1-7(2)16-10(13)15-6-14-9(12)5-4-8(3)11/h7H,4-6H2,1-3H3. The molecule has 0 aliphatic rings. The number of hydrogen-bond donors (Lipinski definition) is 0. The average Bonchev–Trinajstić information content (AvgIpc) is 2.13. The zero-order valence-corrected chi connectivity index (χ0v) is 9.65. The Hall–Kier alpha value is -1.59. The molecule has 16 heavy (non-hydrogen) atoms. The molecule has 0 aromatic carbocycles. The van der Waals surface area contributed by atoms with Crippen LogP contribution in [0.5, 0.6) is 0 Å². The molecule has 0 rings (SSSR count). The van der Waals surface area contributed by atoms with Crippen LogP contribution in [0.1, 0.15) is 33.6 Å². The summed E-state index contributed by atoms with van der Waals surface area (Å²) in [5, 5.41) is 0. The first-order valence-corrected chi connectivity index (χ1v) is 4.90. The Morgan fingerprint density at radius 2 is 1.69 bits per heavy atom. The number of carbonyl (C=O) groups excluding carboxylic acids is 3. The fourth-order valence-corrected chi connectivity index (χ4v) is 0.720. The van der Waals surface area contributed by atoms with Crippen molar-refractivity contribution in [2.45, 2.75) is 39.7 Å². The van der Waals surface area contributed by atoms with Crippen LogP contribution in [0, 0.1) is 0 Å². The number of hydrogen-bond acceptors (Lipinski definition) is 6. The first-order chi connectivity index (χ1) is 7.41. The molecular formula is C10H16O6. The summed E-state index contributed by atoms with van der Waals surface area (Å²) >= 11 is 0. The molecule has 0 saturated heterocycles. The van der Waals surface area contributed by atoms with E-state index in [-0.39, 0.29) is 24.7 Å². The number of esters is 1. The average molecular weight is 232 g/mol. The van der Waals surface area contributed by atoms with Crippen molar-refractivity contribution < 1.29 is 28.6 Å². The molecule has 0 saturated carbocycles. The molecule has 0 aliphatic heterocycles. The maximum absolute atomic E-state index is 10.9. The molecule has 6 nitrogen and oxygen atoms in total. The Labute approximate surface area is 93.8 Å². The summed E-state index contributed by atoms with van der Waals surface area (Å²) in [7, 11) is 0. The molecule has 0 heterocycles. The summed E-state index contributed by atoms with van der Waals surface area (Å²) in [6.07, 6.45) is -1.08. The monoisotopic (exact) mass is 232 g/mol. The highest BCUT2D eigenvalue weighted by Crippen LogP contribution is 1.96. The van der Waals surface area contributed by atoms with Crippen LogP contribution in [-0.2, 0) is 23.8 Å². The lowest BCUT2D eigenvalue weighted by atomic mass is 10.2. The van der Waals surface area contributed by atoms with Gasteiger partial charge in [0.25, 0.3) is 0 Å². The van der Waals surface area contributed by atoms with Gasteiger partial charge in [-0.1, -0.05) is 0 Å². The van der Waals surface area contributed by atoms with E-state index in [4.69, 9.17) is 0 Å². The third-order valence-electron chi connectivity index (χ3n) is 1.41. The van der Waals surface area contributed by atoms with Gasteiger partial charge in [0.05, 0.1) is 12.5 Å². The molecule has 0 N–H and O–H groups in total. The van der Waals surface area contributed by atoms with Gasteiger partial charge in [-0.15, -0.1) is 0 Å². The van der Waals surface area contributed by atoms with Crippen molar-refractivity contribution >= 4 is 17.9 Å². The van der Waals surface area contributed by atoms with E-state index in [1.807, 2.05) is 0 Å². The van der Waals surface area contributed by atoms with Gasteiger partial charge in [0.2, 0.25) is 6.79 Å². The fourth-order valence-electron chi connectivity index (χ4n) is 0.720. The summed E-state index contributed by atoms with van der Waals surface area (Å²) in [6, 6.07) is 0. The molecule has 0 spiro atoms. The van der Waals surface area contributed by atoms with Crippen LogP contribution in [0.25, 0.3) is 0 Å². The molecule has 92 valence electrons. The predicted molar refractivity (Wildman–Crippen MR) is 53.6 cm³/mol. The molecule has 6 heteroatoms. The Kier molecular flexibility index (Phi) is 6.91. The lowest BCUT2D eigenvalue weighted by Crippen LogP contribution is -2.17. The number of ketones is 1. The van der Waals surface area contributed by atoms with Crippen LogP contribution in [0.15, 0.2) is 0 Å². The van der Waals surface area contributed by atoms with Crippen LogP contribution in [-0.4, -0.2) is 30.8 Å². The third-order valence-corrected chi connectivity index (χ3v) is 1.41. The topological polar surface area (TPSA) is 78.9 Å². The minimum absolute atomic E-state index is 0.0160. The van der Waals surface area contributed by atoms with Gasteiger partial charge >= 0.3 is 12.1 Å². The zero-order valence-electron chi connectivity index (χ0n) is 9.65. The smallest absolute Gasteiger partial charge is 0.431 e. The third kappa shape index (κ3) is 8.98. The zero-order chi connectivity index (χ0) is 12.6. The van der Waals surface area contributed by atoms with Crippen molar-refractivity contribution in [3.8, 4) is 0 Å². The van der Waals surface area contributed by atoms with E-state index in [0.717, 1.165) is 0 Å². The summed E-state index contributed by atoms with van der Waals surface area (Å²) < 4.78 is 13.6. The van der Waals surface area contributed by atoms with Gasteiger partial charge in [-0.05, 0) is 20.8 Å². The normalized spacial score (nSPS) is 9.75. The lowest BCUT2D eigenvalue weighted by Gasteiger charge is -2.08. The van der Waals surface area contributed by atoms with Crippen molar-refractivity contribution in [1.82, 2.24) is 0 Å². The molecule has 0 bridgehead atoms. The summed E-state index contributed by atoms with van der Waals surface area (Å²) in [4.78, 5) is 32.3. The van der Waals surface area contributed by atoms with Gasteiger partial charge in [-0.3, -0.25) is 4.79 Å². The van der Waals surface area contributed by atoms with Crippen LogP contribution < -0.4 is 0 Å². The molecular weight excluding hydrogens is 216 g/mol. The van der Waals surface area contributed by atoms with E-state index in [1.54, 1.807) is 13.8 Å². The van der Waals surface area contributed by atoms with Gasteiger partial charge in [0.1, 0.15) is 5.78 Å². The van der Waals surface area contributed by atoms with E-state index in [1.165, 1.54) is 6.92 Å². The van der Waals surface area contributed by atoms with Crippen molar-refractivity contribution in [3.05, 3.63) is 0 Å². The minimum Gasteiger partial charge on any atom is -0.431 e. The van der Waals surface area contributed by atoms with E-state index in [2.05, 4.69) is 14.2 Å². The summed E-state index contributed by atoms with van der Waals surface area (Å²) in [5.74, 6) is -0.690. The summed E-state index contributed by atoms with van der Waals surface area (Å²) in [5.41, 5.74) is 0. The van der Waals surface area contributed by atoms with Gasteiger partial charge in [-0.2, -0.15) is 0 Å². The second-order valence-electron chi connectivity index (χ2n) is 3.40. The summed E-state index contributed by atoms with van der Waals surface area (Å²) in [6.45, 7) is 4.21. The Balaban J connectivity index is 3.54. The highest BCUT2D eigenvalue weighted by Gasteiger charge is 2.09. The SMILES string of the molecule is CC(=O)CCC(=O)OCOC(=O)OC(C)C. The van der Waals surface area contributed by atoms with E-state index >= 15 is 0 Å². The predicted octanol–water partition coefficient (Wildman–Crippen LogP) is 1.42. The van der Waals surface area contributed by atoms with E-state index < -0.39 is 18.9 Å². The molecule has 0 aliphatic carbocycles. The number of carbonyl (C=O) groups is 3. The second-order valence-corrected chi connectivity index (χ2v) is 3.40. The molecule has 0 aromatic heterocycles. The van der Waals surface area contributed by atoms with E-state index in [0.29, 0.717) is 0 Å². The highest BCUT2D eigenvalue weighted by atomic mass is 16.8. The fraction of sp³-hybridized carbons (Fsp3) is 0.700. The quantitative estimate of drug-likeness (QED) is 0.509. The van der Waals surface area contributed by atoms with Crippen LogP contribution in [0.3, 0.4) is 0 Å². The largest absolute Gasteiger partial charge is 0.511 e. The number of Topliss-reactive ketones (excluding diaryl/α,β-unsaturated/α-hetero) is 1. The number of rotatable bonds is 6. The molecule has 0 unspecified atom stereocenters. The maximum Gasteiger partial charge on any atom is 0.511 e. The first kappa shape index (κ1) is 14.4. The van der Waals surface area contributed by atoms with Gasteiger partial charge in [-0.25, -0.2) is 4.79 Å². The molecule has 0 amide bonds.